The largest absolute Gasteiger partial charge is 0.302 e. The molecule has 86 valence electrons. The first-order chi connectivity index (χ1) is 8.17. The van der Waals surface area contributed by atoms with Crippen LogP contribution in [0, 0.1) is 25.2 Å². The van der Waals surface area contributed by atoms with E-state index in [1.165, 1.54) is 0 Å². The van der Waals surface area contributed by atoms with Gasteiger partial charge in [-0.15, -0.1) is 0 Å². The van der Waals surface area contributed by atoms with Gasteiger partial charge in [-0.05, 0) is 31.5 Å². The molecule has 3 nitrogen and oxygen atoms in total. The fourth-order valence-electron chi connectivity index (χ4n) is 1.71. The van der Waals surface area contributed by atoms with Gasteiger partial charge in [0.1, 0.15) is 6.07 Å². The SMILES string of the molecule is Cc1ncn(-c2ccc(CBr)cc2C#N)c1C. The van der Waals surface area contributed by atoms with Gasteiger partial charge in [-0.2, -0.15) is 5.26 Å². The first-order valence-corrected chi connectivity index (χ1v) is 6.39. The van der Waals surface area contributed by atoms with Gasteiger partial charge in [0.15, 0.2) is 0 Å². The maximum Gasteiger partial charge on any atom is 0.101 e. The molecule has 0 saturated heterocycles. The normalized spacial score (nSPS) is 10.2. The second-order valence-corrected chi connectivity index (χ2v) is 4.44. The zero-order valence-electron chi connectivity index (χ0n) is 9.74. The van der Waals surface area contributed by atoms with Crippen molar-refractivity contribution in [1.82, 2.24) is 9.55 Å². The van der Waals surface area contributed by atoms with E-state index in [4.69, 9.17) is 0 Å². The maximum absolute atomic E-state index is 9.20. The van der Waals surface area contributed by atoms with E-state index >= 15 is 0 Å². The summed E-state index contributed by atoms with van der Waals surface area (Å²) in [5.74, 6) is 0. The molecule has 0 aliphatic rings. The van der Waals surface area contributed by atoms with Gasteiger partial charge in [0.25, 0.3) is 0 Å². The molecule has 2 aromatic rings. The average Bonchev–Trinajstić information content (AvgIpc) is 2.69. The Morgan fingerprint density at radius 1 is 1.41 bits per heavy atom. The van der Waals surface area contributed by atoms with Gasteiger partial charge in [-0.25, -0.2) is 4.98 Å². The molecule has 0 spiro atoms. The van der Waals surface area contributed by atoms with Crippen molar-refractivity contribution in [2.75, 3.05) is 0 Å². The molecule has 0 aliphatic heterocycles. The first kappa shape index (κ1) is 11.9. The van der Waals surface area contributed by atoms with Crippen molar-refractivity contribution < 1.29 is 0 Å². The molecule has 0 saturated carbocycles. The fraction of sp³-hybridized carbons (Fsp3) is 0.231. The number of aromatic nitrogens is 2. The maximum atomic E-state index is 9.20. The van der Waals surface area contributed by atoms with Gasteiger partial charge in [0, 0.05) is 11.0 Å². The average molecular weight is 290 g/mol. The highest BCUT2D eigenvalue weighted by Crippen LogP contribution is 2.20. The van der Waals surface area contributed by atoms with Gasteiger partial charge in [-0.1, -0.05) is 22.0 Å². The van der Waals surface area contributed by atoms with E-state index in [2.05, 4.69) is 27.0 Å². The van der Waals surface area contributed by atoms with Crippen molar-refractivity contribution in [2.24, 2.45) is 0 Å². The van der Waals surface area contributed by atoms with Crippen LogP contribution in [0.4, 0.5) is 0 Å². The quantitative estimate of drug-likeness (QED) is 0.797. The van der Waals surface area contributed by atoms with Crippen LogP contribution in [-0.2, 0) is 5.33 Å². The van der Waals surface area contributed by atoms with Gasteiger partial charge in [-0.3, -0.25) is 0 Å². The lowest BCUT2D eigenvalue weighted by Crippen LogP contribution is -1.99. The minimum atomic E-state index is 0.669. The van der Waals surface area contributed by atoms with Crippen LogP contribution in [0.3, 0.4) is 0 Å². The Kier molecular flexibility index (Phi) is 3.30. The first-order valence-electron chi connectivity index (χ1n) is 5.27. The van der Waals surface area contributed by atoms with E-state index in [9.17, 15) is 5.26 Å². The molecule has 0 unspecified atom stereocenters. The van der Waals surface area contributed by atoms with Crippen LogP contribution in [0.2, 0.25) is 0 Å². The number of benzene rings is 1. The minimum absolute atomic E-state index is 0.669. The van der Waals surface area contributed by atoms with Crippen molar-refractivity contribution in [3.05, 3.63) is 47.0 Å². The molecule has 4 heteroatoms. The van der Waals surface area contributed by atoms with Crippen LogP contribution in [0.5, 0.6) is 0 Å². The van der Waals surface area contributed by atoms with E-state index in [1.54, 1.807) is 6.33 Å². The second kappa shape index (κ2) is 4.72. The molecule has 17 heavy (non-hydrogen) atoms. The summed E-state index contributed by atoms with van der Waals surface area (Å²) < 4.78 is 1.95. The van der Waals surface area contributed by atoms with Crippen LogP contribution in [0.1, 0.15) is 22.5 Å². The summed E-state index contributed by atoms with van der Waals surface area (Å²) in [6.45, 7) is 3.96. The van der Waals surface area contributed by atoms with E-state index in [0.29, 0.717) is 5.56 Å². The van der Waals surface area contributed by atoms with Crippen LogP contribution >= 0.6 is 15.9 Å². The van der Waals surface area contributed by atoms with Crippen LogP contribution in [0.25, 0.3) is 5.69 Å². The minimum Gasteiger partial charge on any atom is -0.302 e. The van der Waals surface area contributed by atoms with Crippen LogP contribution in [-0.4, -0.2) is 9.55 Å². The number of nitriles is 1. The topological polar surface area (TPSA) is 41.6 Å². The zero-order valence-corrected chi connectivity index (χ0v) is 11.3. The number of nitrogens with zero attached hydrogens (tertiary/aromatic N) is 3. The predicted molar refractivity (Wildman–Crippen MR) is 70.4 cm³/mol. The lowest BCUT2D eigenvalue weighted by atomic mass is 10.1. The highest BCUT2D eigenvalue weighted by atomic mass is 79.9. The third-order valence-electron chi connectivity index (χ3n) is 2.85. The Morgan fingerprint density at radius 3 is 2.71 bits per heavy atom. The van der Waals surface area contributed by atoms with Gasteiger partial charge in [0.05, 0.1) is 23.3 Å². The van der Waals surface area contributed by atoms with Crippen LogP contribution < -0.4 is 0 Å². The molecule has 1 aromatic heterocycles. The lowest BCUT2D eigenvalue weighted by molar-refractivity contribution is 0.994. The molecule has 0 amide bonds. The molecule has 0 aliphatic carbocycles. The highest BCUT2D eigenvalue weighted by Gasteiger charge is 2.09. The van der Waals surface area contributed by atoms with Gasteiger partial charge >= 0.3 is 0 Å². The number of hydrogen-bond donors (Lipinski definition) is 0. The van der Waals surface area contributed by atoms with Crippen molar-refractivity contribution in [3.8, 4) is 11.8 Å². The van der Waals surface area contributed by atoms with Crippen LogP contribution in [0.15, 0.2) is 24.5 Å². The molecular weight excluding hydrogens is 278 g/mol. The molecule has 1 aromatic carbocycles. The van der Waals surface area contributed by atoms with Crippen molar-refractivity contribution in [1.29, 1.82) is 5.26 Å². The molecular formula is C13H12BrN3. The molecule has 1 heterocycles. The number of halogens is 1. The van der Waals surface area contributed by atoms with Crippen molar-refractivity contribution >= 4 is 15.9 Å². The molecule has 0 atom stereocenters. The number of alkyl halides is 1. The molecule has 0 fully saturated rings. The Morgan fingerprint density at radius 2 is 2.18 bits per heavy atom. The summed E-state index contributed by atoms with van der Waals surface area (Å²) >= 11 is 3.39. The monoisotopic (exact) mass is 289 g/mol. The Labute approximate surface area is 109 Å². The van der Waals surface area contributed by atoms with Crippen molar-refractivity contribution in [2.45, 2.75) is 19.2 Å². The third kappa shape index (κ3) is 2.11. The molecule has 0 N–H and O–H groups in total. The zero-order chi connectivity index (χ0) is 12.4. The Bertz CT molecular complexity index is 593. The summed E-state index contributed by atoms with van der Waals surface area (Å²) in [6, 6.07) is 8.11. The fourth-order valence-corrected chi connectivity index (χ4v) is 2.06. The standard InChI is InChI=1S/C13H12BrN3/c1-9-10(2)17(8-16-9)13-4-3-11(6-14)5-12(13)7-15/h3-5,8H,6H2,1-2H3. The van der Waals surface area contributed by atoms with Crippen molar-refractivity contribution in [3.63, 3.8) is 0 Å². The molecule has 2 rings (SSSR count). The second-order valence-electron chi connectivity index (χ2n) is 3.88. The molecule has 0 radical (unpaired) electrons. The lowest BCUT2D eigenvalue weighted by Gasteiger charge is -2.08. The third-order valence-corrected chi connectivity index (χ3v) is 3.49. The summed E-state index contributed by atoms with van der Waals surface area (Å²) in [5.41, 5.74) is 4.70. The number of aryl methyl sites for hydroxylation is 1. The van der Waals surface area contributed by atoms with E-state index in [1.807, 2.05) is 36.6 Å². The summed E-state index contributed by atoms with van der Waals surface area (Å²) in [5, 5.41) is 9.95. The summed E-state index contributed by atoms with van der Waals surface area (Å²) in [6.07, 6.45) is 1.76. The number of rotatable bonds is 2. The van der Waals surface area contributed by atoms with E-state index in [-0.39, 0.29) is 0 Å². The van der Waals surface area contributed by atoms with E-state index in [0.717, 1.165) is 28.0 Å². The Balaban J connectivity index is 2.60. The highest BCUT2D eigenvalue weighted by molar-refractivity contribution is 9.08. The number of hydrogen-bond acceptors (Lipinski definition) is 2. The Hall–Kier alpha value is -1.60. The van der Waals surface area contributed by atoms with Gasteiger partial charge in [0.2, 0.25) is 0 Å². The summed E-state index contributed by atoms with van der Waals surface area (Å²) in [7, 11) is 0. The van der Waals surface area contributed by atoms with Gasteiger partial charge < -0.3 is 4.57 Å². The summed E-state index contributed by atoms with van der Waals surface area (Å²) in [4.78, 5) is 4.25. The number of imidazole rings is 1. The predicted octanol–water partition coefficient (Wildman–Crippen LogP) is 3.26. The van der Waals surface area contributed by atoms with E-state index < -0.39 is 0 Å². The smallest absolute Gasteiger partial charge is 0.101 e. The molecule has 0 bridgehead atoms.